The maximum absolute atomic E-state index is 13.5. The molecule has 32 heavy (non-hydrogen) atoms. The number of para-hydroxylation sites is 2. The molecule has 1 aromatic heterocycles. The summed E-state index contributed by atoms with van der Waals surface area (Å²) in [4.78, 5) is 24.9. The molecule has 1 saturated heterocycles. The highest BCUT2D eigenvalue weighted by Gasteiger charge is 2.36. The van der Waals surface area contributed by atoms with Gasteiger partial charge >= 0.3 is 0 Å². The fourth-order valence-corrected chi connectivity index (χ4v) is 5.45. The van der Waals surface area contributed by atoms with E-state index in [-0.39, 0.29) is 23.4 Å². The van der Waals surface area contributed by atoms with Gasteiger partial charge in [0.25, 0.3) is 0 Å². The molecule has 2 aromatic rings. The molecule has 2 heterocycles. The first-order chi connectivity index (χ1) is 15.4. The van der Waals surface area contributed by atoms with Crippen molar-refractivity contribution in [2.45, 2.75) is 77.8 Å². The average Bonchev–Trinajstić information content (AvgIpc) is 2.77. The molecular weight excluding hydrogens is 396 g/mol. The van der Waals surface area contributed by atoms with Gasteiger partial charge < -0.3 is 10.2 Å². The van der Waals surface area contributed by atoms with Crippen molar-refractivity contribution in [3.8, 4) is 0 Å². The SMILES string of the molecule is CC(C)(C)CC1CNCC(CC2CCCCC2)N1C(=O)/C=C/c1cnc2ccccc2n1. The molecule has 172 valence electrons. The third kappa shape index (κ3) is 5.94. The quantitative estimate of drug-likeness (QED) is 0.656. The Hall–Kier alpha value is -2.27. The van der Waals surface area contributed by atoms with Crippen molar-refractivity contribution in [3.05, 3.63) is 42.2 Å². The minimum Gasteiger partial charge on any atom is -0.331 e. The molecule has 1 saturated carbocycles. The van der Waals surface area contributed by atoms with Crippen LogP contribution in [0.15, 0.2) is 36.5 Å². The van der Waals surface area contributed by atoms with E-state index >= 15 is 0 Å². The summed E-state index contributed by atoms with van der Waals surface area (Å²) in [5, 5.41) is 3.64. The Morgan fingerprint density at radius 2 is 1.81 bits per heavy atom. The van der Waals surface area contributed by atoms with Gasteiger partial charge in [0.2, 0.25) is 5.91 Å². The summed E-state index contributed by atoms with van der Waals surface area (Å²) in [6.07, 6.45) is 14.1. The first-order valence-corrected chi connectivity index (χ1v) is 12.3. The molecule has 5 nitrogen and oxygen atoms in total. The van der Waals surface area contributed by atoms with Crippen molar-refractivity contribution >= 4 is 23.0 Å². The normalized spacial score (nSPS) is 23.2. The number of amides is 1. The second-order valence-corrected chi connectivity index (χ2v) is 10.8. The third-order valence-electron chi connectivity index (χ3n) is 6.84. The number of hydrogen-bond donors (Lipinski definition) is 1. The molecule has 1 amide bonds. The minimum atomic E-state index is 0.108. The van der Waals surface area contributed by atoms with Crippen LogP contribution in [0.4, 0.5) is 0 Å². The first kappa shape index (κ1) is 22.9. The summed E-state index contributed by atoms with van der Waals surface area (Å²) in [6.45, 7) is 8.56. The van der Waals surface area contributed by atoms with Gasteiger partial charge in [-0.25, -0.2) is 4.98 Å². The summed E-state index contributed by atoms with van der Waals surface area (Å²) >= 11 is 0. The molecule has 0 bridgehead atoms. The lowest BCUT2D eigenvalue weighted by molar-refractivity contribution is -0.133. The van der Waals surface area contributed by atoms with E-state index in [9.17, 15) is 4.79 Å². The number of rotatable bonds is 5. The first-order valence-electron chi connectivity index (χ1n) is 12.3. The molecule has 2 atom stereocenters. The molecule has 0 spiro atoms. The Balaban J connectivity index is 1.54. The Bertz CT molecular complexity index is 942. The molecule has 2 aliphatic rings. The van der Waals surface area contributed by atoms with E-state index in [2.05, 4.69) is 41.0 Å². The monoisotopic (exact) mass is 434 g/mol. The Labute approximate surface area is 192 Å². The molecule has 2 unspecified atom stereocenters. The zero-order chi connectivity index (χ0) is 22.6. The lowest BCUT2D eigenvalue weighted by Gasteiger charge is -2.45. The van der Waals surface area contributed by atoms with E-state index in [1.54, 1.807) is 12.3 Å². The molecule has 2 fully saturated rings. The van der Waals surface area contributed by atoms with Gasteiger partial charge in [-0.3, -0.25) is 9.78 Å². The second kappa shape index (κ2) is 10.1. The van der Waals surface area contributed by atoms with Crippen LogP contribution in [0.1, 0.15) is 71.4 Å². The second-order valence-electron chi connectivity index (χ2n) is 10.8. The van der Waals surface area contributed by atoms with Crippen molar-refractivity contribution in [2.24, 2.45) is 11.3 Å². The third-order valence-corrected chi connectivity index (χ3v) is 6.84. The number of piperazine rings is 1. The van der Waals surface area contributed by atoms with Gasteiger partial charge in [-0.15, -0.1) is 0 Å². The lowest BCUT2D eigenvalue weighted by atomic mass is 9.82. The lowest BCUT2D eigenvalue weighted by Crippen LogP contribution is -2.60. The highest BCUT2D eigenvalue weighted by Crippen LogP contribution is 2.32. The number of carbonyl (C=O) groups is 1. The highest BCUT2D eigenvalue weighted by atomic mass is 16.2. The van der Waals surface area contributed by atoms with Crippen LogP contribution in [0.25, 0.3) is 17.1 Å². The minimum absolute atomic E-state index is 0.108. The maximum Gasteiger partial charge on any atom is 0.247 e. The molecule has 1 aliphatic carbocycles. The van der Waals surface area contributed by atoms with Crippen LogP contribution in [-0.4, -0.2) is 45.9 Å². The molecule has 0 radical (unpaired) electrons. The molecule has 4 rings (SSSR count). The Kier molecular flexibility index (Phi) is 7.24. The molecule has 5 heteroatoms. The van der Waals surface area contributed by atoms with E-state index in [4.69, 9.17) is 0 Å². The van der Waals surface area contributed by atoms with Crippen molar-refractivity contribution in [2.75, 3.05) is 13.1 Å². The van der Waals surface area contributed by atoms with E-state index in [0.717, 1.165) is 48.6 Å². The highest BCUT2D eigenvalue weighted by molar-refractivity contribution is 5.92. The molecule has 1 aromatic carbocycles. The molecule has 1 aliphatic heterocycles. The van der Waals surface area contributed by atoms with Crippen LogP contribution < -0.4 is 5.32 Å². The summed E-state index contributed by atoms with van der Waals surface area (Å²) in [5.74, 6) is 0.853. The van der Waals surface area contributed by atoms with Crippen molar-refractivity contribution < 1.29 is 4.79 Å². The number of hydrogen-bond acceptors (Lipinski definition) is 4. The van der Waals surface area contributed by atoms with Gasteiger partial charge in [-0.2, -0.15) is 0 Å². The predicted octanol–water partition coefficient (Wildman–Crippen LogP) is 5.22. The number of aromatic nitrogens is 2. The van der Waals surface area contributed by atoms with E-state index in [1.165, 1.54) is 32.1 Å². The summed E-state index contributed by atoms with van der Waals surface area (Å²) in [7, 11) is 0. The van der Waals surface area contributed by atoms with E-state index in [0.29, 0.717) is 0 Å². The fourth-order valence-electron chi connectivity index (χ4n) is 5.45. The average molecular weight is 435 g/mol. The van der Waals surface area contributed by atoms with Crippen LogP contribution in [0, 0.1) is 11.3 Å². The summed E-state index contributed by atoms with van der Waals surface area (Å²) < 4.78 is 0. The standard InChI is InChI=1S/C27H38N4O/c1-27(2,3)16-23-19-28-18-22(15-20-9-5-4-6-10-20)31(23)26(32)14-13-21-17-29-24-11-7-8-12-25(24)30-21/h7-8,11-14,17,20,22-23,28H,4-6,9-10,15-16,18-19H2,1-3H3/b14-13+. The molecule has 1 N–H and O–H groups in total. The van der Waals surface area contributed by atoms with Crippen molar-refractivity contribution in [3.63, 3.8) is 0 Å². The number of nitrogens with zero attached hydrogens (tertiary/aromatic N) is 3. The van der Waals surface area contributed by atoms with Crippen molar-refractivity contribution in [1.82, 2.24) is 20.2 Å². The topological polar surface area (TPSA) is 58.1 Å². The van der Waals surface area contributed by atoms with Crippen LogP contribution in [0.5, 0.6) is 0 Å². The summed E-state index contributed by atoms with van der Waals surface area (Å²) in [5.41, 5.74) is 2.62. The van der Waals surface area contributed by atoms with Crippen LogP contribution >= 0.6 is 0 Å². The van der Waals surface area contributed by atoms with Crippen LogP contribution in [0.3, 0.4) is 0 Å². The molecular formula is C27H38N4O. The number of benzene rings is 1. The van der Waals surface area contributed by atoms with Gasteiger partial charge in [0, 0.05) is 31.2 Å². The Morgan fingerprint density at radius 3 is 2.56 bits per heavy atom. The van der Waals surface area contributed by atoms with Gasteiger partial charge in [0.15, 0.2) is 0 Å². The largest absolute Gasteiger partial charge is 0.331 e. The number of nitrogens with one attached hydrogen (secondary N) is 1. The van der Waals surface area contributed by atoms with Gasteiger partial charge in [0.05, 0.1) is 22.9 Å². The maximum atomic E-state index is 13.5. The number of fused-ring (bicyclic) bond motifs is 1. The Morgan fingerprint density at radius 1 is 1.09 bits per heavy atom. The van der Waals surface area contributed by atoms with Crippen LogP contribution in [0.2, 0.25) is 0 Å². The zero-order valence-corrected chi connectivity index (χ0v) is 19.9. The summed E-state index contributed by atoms with van der Waals surface area (Å²) in [6, 6.07) is 8.31. The van der Waals surface area contributed by atoms with Gasteiger partial charge in [0.1, 0.15) is 0 Å². The van der Waals surface area contributed by atoms with Gasteiger partial charge in [-0.1, -0.05) is 65.0 Å². The fraction of sp³-hybridized carbons (Fsp3) is 0.593. The van der Waals surface area contributed by atoms with Gasteiger partial charge in [-0.05, 0) is 42.4 Å². The number of carbonyl (C=O) groups excluding carboxylic acids is 1. The van der Waals surface area contributed by atoms with E-state index < -0.39 is 0 Å². The zero-order valence-electron chi connectivity index (χ0n) is 19.9. The predicted molar refractivity (Wildman–Crippen MR) is 131 cm³/mol. The van der Waals surface area contributed by atoms with Crippen LogP contribution in [-0.2, 0) is 4.79 Å². The van der Waals surface area contributed by atoms with E-state index in [1.807, 2.05) is 30.3 Å². The van der Waals surface area contributed by atoms with Crippen molar-refractivity contribution in [1.29, 1.82) is 0 Å². The smallest absolute Gasteiger partial charge is 0.247 e.